The minimum atomic E-state index is -0.750. The lowest BCUT2D eigenvalue weighted by Gasteiger charge is -2.19. The van der Waals surface area contributed by atoms with Crippen LogP contribution in [0.5, 0.6) is 5.75 Å². The Morgan fingerprint density at radius 2 is 2.06 bits per heavy atom. The minimum Gasteiger partial charge on any atom is -0.489 e. The first-order valence-corrected chi connectivity index (χ1v) is 5.80. The molecule has 0 aliphatic rings. The molecule has 96 valence electrons. The van der Waals surface area contributed by atoms with E-state index in [2.05, 4.69) is 5.32 Å². The fourth-order valence-electron chi connectivity index (χ4n) is 1.32. The van der Waals surface area contributed by atoms with Gasteiger partial charge in [0, 0.05) is 18.3 Å². The highest BCUT2D eigenvalue weighted by molar-refractivity contribution is 5.61. The molecule has 0 spiro atoms. The van der Waals surface area contributed by atoms with E-state index in [1.807, 2.05) is 26.0 Å². The van der Waals surface area contributed by atoms with E-state index in [1.54, 1.807) is 19.9 Å². The van der Waals surface area contributed by atoms with Gasteiger partial charge >= 0.3 is 0 Å². The van der Waals surface area contributed by atoms with Crippen LogP contribution in [0.25, 0.3) is 0 Å². The summed E-state index contributed by atoms with van der Waals surface area (Å²) in [7, 11) is 0. The molecule has 17 heavy (non-hydrogen) atoms. The first-order chi connectivity index (χ1) is 7.78. The Morgan fingerprint density at radius 1 is 1.41 bits per heavy atom. The maximum atomic E-state index is 9.63. The van der Waals surface area contributed by atoms with Crippen LogP contribution in [0, 0.1) is 0 Å². The van der Waals surface area contributed by atoms with Crippen molar-refractivity contribution in [1.82, 2.24) is 0 Å². The number of rotatable bonds is 5. The zero-order valence-electron chi connectivity index (χ0n) is 10.9. The van der Waals surface area contributed by atoms with Crippen molar-refractivity contribution < 1.29 is 9.84 Å². The molecule has 1 aromatic carbocycles. The second-order valence-corrected chi connectivity index (χ2v) is 5.09. The van der Waals surface area contributed by atoms with Gasteiger partial charge in [0.1, 0.15) is 5.75 Å². The fraction of sp³-hybridized carbons (Fsp3) is 0.538. The summed E-state index contributed by atoms with van der Waals surface area (Å²) in [5, 5.41) is 12.8. The fourth-order valence-corrected chi connectivity index (χ4v) is 1.32. The standard InChI is InChI=1S/C13H22N2O2/c1-9(2)17-12-7-10(5-6-11(12)14)15-8-13(3,4)16/h5-7,9,15-16H,8,14H2,1-4H3. The Balaban J connectivity index is 2.74. The first-order valence-electron chi connectivity index (χ1n) is 5.80. The average Bonchev–Trinajstić information content (AvgIpc) is 2.17. The van der Waals surface area contributed by atoms with Crippen molar-refractivity contribution in [2.24, 2.45) is 0 Å². The van der Waals surface area contributed by atoms with Gasteiger partial charge in [-0.05, 0) is 39.8 Å². The van der Waals surface area contributed by atoms with Crippen LogP contribution in [0.3, 0.4) is 0 Å². The third-order valence-electron chi connectivity index (χ3n) is 2.10. The van der Waals surface area contributed by atoms with Crippen LogP contribution >= 0.6 is 0 Å². The zero-order chi connectivity index (χ0) is 13.1. The van der Waals surface area contributed by atoms with Gasteiger partial charge < -0.3 is 20.9 Å². The van der Waals surface area contributed by atoms with Gasteiger partial charge in [-0.3, -0.25) is 0 Å². The van der Waals surface area contributed by atoms with Crippen molar-refractivity contribution in [3.05, 3.63) is 18.2 Å². The van der Waals surface area contributed by atoms with E-state index in [0.29, 0.717) is 18.0 Å². The molecule has 0 amide bonds. The van der Waals surface area contributed by atoms with Crippen LogP contribution in [-0.4, -0.2) is 23.4 Å². The molecular weight excluding hydrogens is 216 g/mol. The molecule has 0 unspecified atom stereocenters. The third-order valence-corrected chi connectivity index (χ3v) is 2.10. The van der Waals surface area contributed by atoms with Gasteiger partial charge in [-0.1, -0.05) is 0 Å². The minimum absolute atomic E-state index is 0.0850. The Labute approximate surface area is 103 Å². The molecular formula is C13H22N2O2. The molecule has 1 rings (SSSR count). The maximum Gasteiger partial charge on any atom is 0.144 e. The monoisotopic (exact) mass is 238 g/mol. The molecule has 1 aromatic rings. The lowest BCUT2D eigenvalue weighted by atomic mass is 10.1. The van der Waals surface area contributed by atoms with E-state index < -0.39 is 5.60 Å². The zero-order valence-corrected chi connectivity index (χ0v) is 10.9. The summed E-state index contributed by atoms with van der Waals surface area (Å²) >= 11 is 0. The number of ether oxygens (including phenoxy) is 1. The molecule has 4 heteroatoms. The molecule has 0 aromatic heterocycles. The summed E-state index contributed by atoms with van der Waals surface area (Å²) in [4.78, 5) is 0. The highest BCUT2D eigenvalue weighted by Crippen LogP contribution is 2.26. The number of hydrogen-bond acceptors (Lipinski definition) is 4. The van der Waals surface area contributed by atoms with Gasteiger partial charge in [0.05, 0.1) is 17.4 Å². The number of aliphatic hydroxyl groups is 1. The number of nitrogens with one attached hydrogen (secondary N) is 1. The smallest absolute Gasteiger partial charge is 0.144 e. The van der Waals surface area contributed by atoms with Gasteiger partial charge in [0.15, 0.2) is 0 Å². The second kappa shape index (κ2) is 5.27. The molecule has 0 atom stereocenters. The molecule has 0 radical (unpaired) electrons. The number of anilines is 2. The Hall–Kier alpha value is -1.42. The lowest BCUT2D eigenvalue weighted by molar-refractivity contribution is 0.0945. The summed E-state index contributed by atoms with van der Waals surface area (Å²) in [5.41, 5.74) is 6.57. The number of nitrogen functional groups attached to an aromatic ring is 1. The quantitative estimate of drug-likeness (QED) is 0.688. The number of nitrogens with two attached hydrogens (primary N) is 1. The van der Waals surface area contributed by atoms with E-state index in [9.17, 15) is 5.11 Å². The summed E-state index contributed by atoms with van der Waals surface area (Å²) in [6.45, 7) is 7.89. The van der Waals surface area contributed by atoms with Crippen molar-refractivity contribution in [2.75, 3.05) is 17.6 Å². The predicted octanol–water partition coefficient (Wildman–Crippen LogP) is 2.24. The van der Waals surface area contributed by atoms with E-state index in [4.69, 9.17) is 10.5 Å². The molecule has 0 fully saturated rings. The van der Waals surface area contributed by atoms with E-state index in [-0.39, 0.29) is 6.10 Å². The van der Waals surface area contributed by atoms with Crippen LogP contribution in [0.2, 0.25) is 0 Å². The van der Waals surface area contributed by atoms with Crippen molar-refractivity contribution in [3.63, 3.8) is 0 Å². The van der Waals surface area contributed by atoms with Crippen LogP contribution in [0.4, 0.5) is 11.4 Å². The van der Waals surface area contributed by atoms with E-state index in [0.717, 1.165) is 5.69 Å². The number of hydrogen-bond donors (Lipinski definition) is 3. The largest absolute Gasteiger partial charge is 0.489 e. The van der Waals surface area contributed by atoms with Gasteiger partial charge in [0.2, 0.25) is 0 Å². The van der Waals surface area contributed by atoms with Crippen LogP contribution in [0.15, 0.2) is 18.2 Å². The summed E-state index contributed by atoms with van der Waals surface area (Å²) in [5.74, 6) is 0.667. The molecule has 4 nitrogen and oxygen atoms in total. The van der Waals surface area contributed by atoms with Gasteiger partial charge in [0.25, 0.3) is 0 Å². The molecule has 0 heterocycles. The topological polar surface area (TPSA) is 67.5 Å². The lowest BCUT2D eigenvalue weighted by Crippen LogP contribution is -2.29. The van der Waals surface area contributed by atoms with Crippen molar-refractivity contribution in [1.29, 1.82) is 0 Å². The molecule has 0 saturated carbocycles. The van der Waals surface area contributed by atoms with Crippen molar-refractivity contribution in [3.8, 4) is 5.75 Å². The highest BCUT2D eigenvalue weighted by atomic mass is 16.5. The van der Waals surface area contributed by atoms with Crippen LogP contribution in [0.1, 0.15) is 27.7 Å². The van der Waals surface area contributed by atoms with E-state index in [1.165, 1.54) is 0 Å². The van der Waals surface area contributed by atoms with Crippen molar-refractivity contribution >= 4 is 11.4 Å². The van der Waals surface area contributed by atoms with Crippen LogP contribution in [-0.2, 0) is 0 Å². The van der Waals surface area contributed by atoms with Crippen molar-refractivity contribution in [2.45, 2.75) is 39.4 Å². The normalized spacial score (nSPS) is 11.6. The maximum absolute atomic E-state index is 9.63. The Morgan fingerprint density at radius 3 is 2.59 bits per heavy atom. The summed E-state index contributed by atoms with van der Waals surface area (Å²) < 4.78 is 5.59. The molecule has 0 saturated heterocycles. The van der Waals surface area contributed by atoms with Gasteiger partial charge in [-0.25, -0.2) is 0 Å². The molecule has 0 bridgehead atoms. The highest BCUT2D eigenvalue weighted by Gasteiger charge is 2.12. The predicted molar refractivity (Wildman–Crippen MR) is 71.4 cm³/mol. The summed E-state index contributed by atoms with van der Waals surface area (Å²) in [6.07, 6.45) is 0.0850. The SMILES string of the molecule is CC(C)Oc1cc(NCC(C)(C)O)ccc1N. The average molecular weight is 238 g/mol. The van der Waals surface area contributed by atoms with E-state index >= 15 is 0 Å². The first kappa shape index (κ1) is 13.6. The molecule has 0 aliphatic carbocycles. The van der Waals surface area contributed by atoms with Gasteiger partial charge in [-0.15, -0.1) is 0 Å². The summed E-state index contributed by atoms with van der Waals surface area (Å²) in [6, 6.07) is 5.51. The third kappa shape index (κ3) is 4.95. The molecule has 0 aliphatic heterocycles. The van der Waals surface area contributed by atoms with Crippen LogP contribution < -0.4 is 15.8 Å². The Kier molecular flexibility index (Phi) is 4.23. The number of benzene rings is 1. The second-order valence-electron chi connectivity index (χ2n) is 5.09. The Bertz CT molecular complexity index is 370. The van der Waals surface area contributed by atoms with Gasteiger partial charge in [-0.2, -0.15) is 0 Å². The molecule has 4 N–H and O–H groups in total.